The maximum absolute atomic E-state index is 13.0. The van der Waals surface area contributed by atoms with E-state index in [1.165, 1.54) is 18.5 Å². The molecule has 1 unspecified atom stereocenters. The lowest BCUT2D eigenvalue weighted by molar-refractivity contribution is -0.122. The predicted octanol–water partition coefficient (Wildman–Crippen LogP) is 4.64. The quantitative estimate of drug-likeness (QED) is 0.490. The van der Waals surface area contributed by atoms with Crippen LogP contribution in [0.5, 0.6) is 0 Å². The molecule has 0 spiro atoms. The smallest absolute Gasteiger partial charge is 0.248 e. The third-order valence-corrected chi connectivity index (χ3v) is 5.84. The van der Waals surface area contributed by atoms with Crippen LogP contribution in [0.3, 0.4) is 0 Å². The summed E-state index contributed by atoms with van der Waals surface area (Å²) in [4.78, 5) is 20.1. The van der Waals surface area contributed by atoms with Crippen molar-refractivity contribution >= 4 is 29.2 Å². The molecule has 5 rings (SSSR count). The molecule has 6 nitrogen and oxygen atoms in total. The van der Waals surface area contributed by atoms with Crippen molar-refractivity contribution in [1.82, 2.24) is 5.43 Å². The maximum Gasteiger partial charge on any atom is 0.248 e. The number of hydrogen-bond acceptors (Lipinski definition) is 5. The number of amides is 1. The van der Waals surface area contributed by atoms with Gasteiger partial charge in [-0.25, -0.2) is 10.4 Å². The van der Waals surface area contributed by atoms with Gasteiger partial charge in [0.15, 0.2) is 0 Å². The normalized spacial score (nSPS) is 18.1. The van der Waals surface area contributed by atoms with E-state index in [1.807, 2.05) is 48.5 Å². The topological polar surface area (TPSA) is 70.2 Å². The van der Waals surface area contributed by atoms with E-state index in [-0.39, 0.29) is 11.8 Å². The van der Waals surface area contributed by atoms with Crippen molar-refractivity contribution in [2.75, 3.05) is 18.0 Å². The number of para-hydroxylation sites is 1. The van der Waals surface area contributed by atoms with Crippen LogP contribution in [0.1, 0.15) is 42.1 Å². The molecule has 1 N–H and O–H groups in total. The molecule has 1 amide bonds. The summed E-state index contributed by atoms with van der Waals surface area (Å²) in [6, 6.07) is 19.7. The first-order valence-electron chi connectivity index (χ1n) is 10.7. The first kappa shape index (κ1) is 19.3. The first-order chi connectivity index (χ1) is 15.3. The Kier molecular flexibility index (Phi) is 5.35. The molecule has 0 bridgehead atoms. The van der Waals surface area contributed by atoms with E-state index < -0.39 is 0 Å². The van der Waals surface area contributed by atoms with E-state index in [0.29, 0.717) is 12.2 Å². The average molecular weight is 412 g/mol. The van der Waals surface area contributed by atoms with Crippen molar-refractivity contribution in [3.05, 3.63) is 83.8 Å². The number of carbonyl (C=O) groups excluding carboxylic acids is 1. The standard InChI is InChI=1S/C25H24N4O2/c30-25(28-26-17-18-9-11-19(12-10-18)29-13-3-4-14-29)21-16-23(24-8-5-15-31-24)27-22-7-2-1-6-20(21)22/h1-2,5-12,15,17,21H,3-4,13-14,16H2,(H,28,30)/b26-17+. The number of anilines is 1. The van der Waals surface area contributed by atoms with E-state index in [1.54, 1.807) is 12.5 Å². The van der Waals surface area contributed by atoms with Gasteiger partial charge in [0, 0.05) is 25.2 Å². The van der Waals surface area contributed by atoms with Gasteiger partial charge >= 0.3 is 0 Å². The largest absolute Gasteiger partial charge is 0.463 e. The molecule has 1 saturated heterocycles. The molecule has 156 valence electrons. The molecule has 0 aliphatic carbocycles. The fourth-order valence-corrected chi connectivity index (χ4v) is 4.21. The highest BCUT2D eigenvalue weighted by atomic mass is 16.3. The second-order valence-electron chi connectivity index (χ2n) is 7.87. The Labute approximate surface area is 181 Å². The summed E-state index contributed by atoms with van der Waals surface area (Å²) in [5, 5.41) is 4.20. The van der Waals surface area contributed by atoms with Crippen LogP contribution in [0.2, 0.25) is 0 Å². The van der Waals surface area contributed by atoms with Gasteiger partial charge in [0.1, 0.15) is 5.76 Å². The zero-order valence-electron chi connectivity index (χ0n) is 17.2. The van der Waals surface area contributed by atoms with E-state index in [9.17, 15) is 4.79 Å². The number of nitrogens with one attached hydrogen (secondary N) is 1. The Balaban J connectivity index is 1.28. The summed E-state index contributed by atoms with van der Waals surface area (Å²) in [6.07, 6.45) is 6.28. The number of aliphatic imine (C=N–C) groups is 1. The molecule has 1 aromatic heterocycles. The van der Waals surface area contributed by atoms with Gasteiger partial charge < -0.3 is 9.32 Å². The molecule has 2 aliphatic rings. The molecule has 3 aromatic rings. The summed E-state index contributed by atoms with van der Waals surface area (Å²) >= 11 is 0. The van der Waals surface area contributed by atoms with Crippen LogP contribution in [0.15, 0.2) is 81.4 Å². The van der Waals surface area contributed by atoms with Crippen molar-refractivity contribution in [2.24, 2.45) is 10.1 Å². The number of fused-ring (bicyclic) bond motifs is 1. The van der Waals surface area contributed by atoms with Crippen LogP contribution in [0.25, 0.3) is 0 Å². The third-order valence-electron chi connectivity index (χ3n) is 5.84. The molecular formula is C25H24N4O2. The summed E-state index contributed by atoms with van der Waals surface area (Å²) in [5.41, 5.74) is 7.36. The van der Waals surface area contributed by atoms with Gasteiger partial charge in [-0.05, 0) is 54.3 Å². The number of nitrogens with zero attached hydrogens (tertiary/aromatic N) is 3. The number of hydrogen-bond donors (Lipinski definition) is 1. The lowest BCUT2D eigenvalue weighted by Gasteiger charge is -2.22. The summed E-state index contributed by atoms with van der Waals surface area (Å²) in [5.74, 6) is 0.161. The number of furan rings is 1. The second kappa shape index (κ2) is 8.60. The SMILES string of the molecule is O=C(N/N=C/c1ccc(N2CCCC2)cc1)C1CC(c2ccco2)=Nc2ccccc21. The minimum Gasteiger partial charge on any atom is -0.463 e. The number of carbonyl (C=O) groups is 1. The van der Waals surface area contributed by atoms with E-state index in [0.717, 1.165) is 35.6 Å². The highest BCUT2D eigenvalue weighted by Gasteiger charge is 2.29. The van der Waals surface area contributed by atoms with Crippen LogP contribution < -0.4 is 10.3 Å². The van der Waals surface area contributed by atoms with Gasteiger partial charge in [-0.1, -0.05) is 30.3 Å². The Bertz CT molecular complexity index is 1110. The van der Waals surface area contributed by atoms with E-state index >= 15 is 0 Å². The van der Waals surface area contributed by atoms with Gasteiger partial charge in [-0.15, -0.1) is 0 Å². The summed E-state index contributed by atoms with van der Waals surface area (Å²) < 4.78 is 5.51. The van der Waals surface area contributed by atoms with Gasteiger partial charge in [-0.3, -0.25) is 4.79 Å². The van der Waals surface area contributed by atoms with Crippen molar-refractivity contribution in [3.8, 4) is 0 Å². The van der Waals surface area contributed by atoms with Crippen LogP contribution in [-0.4, -0.2) is 30.9 Å². The molecular weight excluding hydrogens is 388 g/mol. The zero-order valence-corrected chi connectivity index (χ0v) is 17.2. The fraction of sp³-hybridized carbons (Fsp3) is 0.240. The molecule has 0 radical (unpaired) electrons. The fourth-order valence-electron chi connectivity index (χ4n) is 4.21. The Morgan fingerprint density at radius 3 is 2.65 bits per heavy atom. The summed E-state index contributed by atoms with van der Waals surface area (Å²) in [6.45, 7) is 2.24. The maximum atomic E-state index is 13.0. The molecule has 0 saturated carbocycles. The van der Waals surface area contributed by atoms with Crippen LogP contribution in [0, 0.1) is 0 Å². The molecule has 1 fully saturated rings. The molecule has 2 aromatic carbocycles. The molecule has 31 heavy (non-hydrogen) atoms. The Morgan fingerprint density at radius 2 is 1.87 bits per heavy atom. The Hall–Kier alpha value is -3.67. The lowest BCUT2D eigenvalue weighted by atomic mass is 9.88. The Morgan fingerprint density at radius 1 is 1.06 bits per heavy atom. The molecule has 3 heterocycles. The summed E-state index contributed by atoms with van der Waals surface area (Å²) in [7, 11) is 0. The van der Waals surface area contributed by atoms with Crippen molar-refractivity contribution < 1.29 is 9.21 Å². The van der Waals surface area contributed by atoms with Gasteiger partial charge in [0.25, 0.3) is 0 Å². The minimum atomic E-state index is -0.372. The van der Waals surface area contributed by atoms with Crippen LogP contribution >= 0.6 is 0 Å². The van der Waals surface area contributed by atoms with Gasteiger partial charge in [0.05, 0.1) is 29.8 Å². The third kappa shape index (κ3) is 4.14. The zero-order chi connectivity index (χ0) is 21.0. The number of rotatable bonds is 5. The monoisotopic (exact) mass is 412 g/mol. The lowest BCUT2D eigenvalue weighted by Crippen LogP contribution is -2.29. The second-order valence-corrected chi connectivity index (χ2v) is 7.87. The number of hydrazone groups is 1. The van der Waals surface area contributed by atoms with Crippen molar-refractivity contribution in [2.45, 2.75) is 25.2 Å². The first-order valence-corrected chi connectivity index (χ1v) is 10.7. The van der Waals surface area contributed by atoms with Crippen molar-refractivity contribution in [1.29, 1.82) is 0 Å². The average Bonchev–Trinajstić information content (AvgIpc) is 3.53. The molecule has 6 heteroatoms. The van der Waals surface area contributed by atoms with E-state index in [4.69, 9.17) is 4.42 Å². The minimum absolute atomic E-state index is 0.156. The van der Waals surface area contributed by atoms with E-state index in [2.05, 4.69) is 32.6 Å². The molecule has 2 aliphatic heterocycles. The van der Waals surface area contributed by atoms with Gasteiger partial charge in [0.2, 0.25) is 5.91 Å². The van der Waals surface area contributed by atoms with Gasteiger partial charge in [-0.2, -0.15) is 5.10 Å². The predicted molar refractivity (Wildman–Crippen MR) is 122 cm³/mol. The number of benzene rings is 2. The van der Waals surface area contributed by atoms with Crippen molar-refractivity contribution in [3.63, 3.8) is 0 Å². The van der Waals surface area contributed by atoms with Crippen LogP contribution in [-0.2, 0) is 4.79 Å². The highest BCUT2D eigenvalue weighted by Crippen LogP contribution is 2.36. The highest BCUT2D eigenvalue weighted by molar-refractivity contribution is 6.05. The van der Waals surface area contributed by atoms with Crippen LogP contribution in [0.4, 0.5) is 11.4 Å². The molecule has 1 atom stereocenters.